The Kier molecular flexibility index (Phi) is 8.66. The lowest BCUT2D eigenvalue weighted by Gasteiger charge is -2.37. The number of ether oxygens (including phenoxy) is 3. The molecule has 2 fully saturated rings. The van der Waals surface area contributed by atoms with E-state index in [-0.39, 0.29) is 18.5 Å². The molecule has 2 aliphatic heterocycles. The molecular weight excluding hydrogens is 502 g/mol. The summed E-state index contributed by atoms with van der Waals surface area (Å²) in [5.41, 5.74) is 3.74. The maximum absolute atomic E-state index is 6.99. The van der Waals surface area contributed by atoms with Crippen molar-refractivity contribution in [1.82, 2.24) is 5.32 Å². The summed E-state index contributed by atoms with van der Waals surface area (Å²) in [6.45, 7) is 3.31. The first-order valence-corrected chi connectivity index (χ1v) is 13.5. The lowest BCUT2D eigenvalue weighted by atomic mass is 9.81. The van der Waals surface area contributed by atoms with E-state index in [1.54, 1.807) is 0 Å². The number of benzene rings is 3. The van der Waals surface area contributed by atoms with Crippen molar-refractivity contribution in [3.63, 3.8) is 0 Å². The number of rotatable bonds is 9. The van der Waals surface area contributed by atoms with Crippen LogP contribution in [0.3, 0.4) is 0 Å². The molecule has 0 aromatic heterocycles. The molecule has 4 nitrogen and oxygen atoms in total. The molecule has 5 rings (SSSR count). The Hall–Kier alpha value is -2.02. The first-order chi connectivity index (χ1) is 17.3. The van der Waals surface area contributed by atoms with Gasteiger partial charge in [0.25, 0.3) is 0 Å². The van der Waals surface area contributed by atoms with Crippen LogP contribution in [0.15, 0.2) is 89.4 Å². The summed E-state index contributed by atoms with van der Waals surface area (Å²) in [4.78, 5) is 0. The molecule has 184 valence electrons. The van der Waals surface area contributed by atoms with Gasteiger partial charge < -0.3 is 19.5 Å². The zero-order valence-electron chi connectivity index (χ0n) is 20.0. The van der Waals surface area contributed by atoms with Crippen molar-refractivity contribution >= 4 is 15.9 Å². The predicted molar refractivity (Wildman–Crippen MR) is 142 cm³/mol. The summed E-state index contributed by atoms with van der Waals surface area (Å²) >= 11 is 3.58. The molecule has 3 aromatic carbocycles. The number of hydrogen-bond donors (Lipinski definition) is 1. The van der Waals surface area contributed by atoms with Crippen molar-refractivity contribution in [1.29, 1.82) is 0 Å². The van der Waals surface area contributed by atoms with Gasteiger partial charge in [0, 0.05) is 17.4 Å². The molecule has 0 amide bonds. The highest BCUT2D eigenvalue weighted by molar-refractivity contribution is 9.10. The fraction of sp³-hybridized carbons (Fsp3) is 0.400. The smallest absolute Gasteiger partial charge is 0.158 e. The largest absolute Gasteiger partial charge is 0.365 e. The van der Waals surface area contributed by atoms with E-state index in [1.165, 1.54) is 16.7 Å². The summed E-state index contributed by atoms with van der Waals surface area (Å²) in [6.07, 6.45) is 2.87. The molecule has 3 atom stereocenters. The number of piperidine rings is 1. The van der Waals surface area contributed by atoms with Gasteiger partial charge in [0.15, 0.2) is 6.29 Å². The van der Waals surface area contributed by atoms with E-state index in [4.69, 9.17) is 14.2 Å². The van der Waals surface area contributed by atoms with Crippen molar-refractivity contribution in [2.24, 2.45) is 5.92 Å². The van der Waals surface area contributed by atoms with Crippen LogP contribution >= 0.6 is 15.9 Å². The molecule has 0 radical (unpaired) electrons. The predicted octanol–water partition coefficient (Wildman–Crippen LogP) is 6.47. The molecule has 5 heteroatoms. The van der Waals surface area contributed by atoms with Crippen LogP contribution in [0.4, 0.5) is 0 Å². The molecule has 0 spiro atoms. The average molecular weight is 537 g/mol. The second kappa shape index (κ2) is 12.3. The molecule has 3 unspecified atom stereocenters. The van der Waals surface area contributed by atoms with Crippen LogP contribution in [-0.2, 0) is 14.2 Å². The number of halogens is 1. The van der Waals surface area contributed by atoms with Crippen LogP contribution in [-0.4, -0.2) is 38.7 Å². The minimum Gasteiger partial charge on any atom is -0.365 e. The number of nitrogens with one attached hydrogen (secondary N) is 1. The Labute approximate surface area is 217 Å². The molecule has 2 aliphatic rings. The van der Waals surface area contributed by atoms with Gasteiger partial charge in [0.05, 0.1) is 19.3 Å². The highest BCUT2D eigenvalue weighted by Gasteiger charge is 2.33. The summed E-state index contributed by atoms with van der Waals surface area (Å²) in [5, 5.41) is 3.63. The fourth-order valence-electron chi connectivity index (χ4n) is 5.34. The van der Waals surface area contributed by atoms with Crippen LogP contribution in [0, 0.1) is 5.92 Å². The van der Waals surface area contributed by atoms with E-state index in [1.807, 2.05) is 0 Å². The third-order valence-electron chi connectivity index (χ3n) is 7.15. The summed E-state index contributed by atoms with van der Waals surface area (Å²) in [7, 11) is 0. The minimum absolute atomic E-state index is 0.0735. The molecular formula is C30H34BrNO3. The summed E-state index contributed by atoms with van der Waals surface area (Å²) in [6, 6.07) is 29.9. The Balaban J connectivity index is 1.37. The zero-order chi connectivity index (χ0) is 23.9. The van der Waals surface area contributed by atoms with Gasteiger partial charge in [-0.25, -0.2) is 0 Å². The maximum Gasteiger partial charge on any atom is 0.158 e. The third kappa shape index (κ3) is 6.60. The van der Waals surface area contributed by atoms with Gasteiger partial charge in [-0.3, -0.25) is 0 Å². The minimum atomic E-state index is -0.124. The van der Waals surface area contributed by atoms with Crippen LogP contribution < -0.4 is 5.32 Å². The molecule has 3 aromatic rings. The van der Waals surface area contributed by atoms with Crippen LogP contribution in [0.25, 0.3) is 0 Å². The van der Waals surface area contributed by atoms with E-state index >= 15 is 0 Å². The van der Waals surface area contributed by atoms with Gasteiger partial charge in [0.1, 0.15) is 6.10 Å². The molecule has 0 saturated carbocycles. The van der Waals surface area contributed by atoms with Crippen molar-refractivity contribution < 1.29 is 14.2 Å². The molecule has 0 bridgehead atoms. The maximum atomic E-state index is 6.99. The monoisotopic (exact) mass is 535 g/mol. The second-order valence-corrected chi connectivity index (χ2v) is 10.4. The Bertz CT molecular complexity index is 985. The van der Waals surface area contributed by atoms with Gasteiger partial charge >= 0.3 is 0 Å². The Morgan fingerprint density at radius 1 is 0.800 bits per heavy atom. The summed E-state index contributed by atoms with van der Waals surface area (Å²) < 4.78 is 19.8. The van der Waals surface area contributed by atoms with Gasteiger partial charge in [-0.1, -0.05) is 88.7 Å². The molecule has 1 N–H and O–H groups in total. The van der Waals surface area contributed by atoms with Crippen molar-refractivity contribution in [2.45, 2.75) is 43.7 Å². The quantitative estimate of drug-likeness (QED) is 0.340. The third-order valence-corrected chi connectivity index (χ3v) is 7.68. The van der Waals surface area contributed by atoms with Crippen LogP contribution in [0.2, 0.25) is 0 Å². The van der Waals surface area contributed by atoms with Gasteiger partial charge in [0.2, 0.25) is 0 Å². The lowest BCUT2D eigenvalue weighted by molar-refractivity contribution is -0.0621. The van der Waals surface area contributed by atoms with Gasteiger partial charge in [-0.2, -0.15) is 0 Å². The van der Waals surface area contributed by atoms with E-state index in [0.717, 1.165) is 36.8 Å². The average Bonchev–Trinajstić information content (AvgIpc) is 3.42. The van der Waals surface area contributed by atoms with E-state index in [9.17, 15) is 0 Å². The molecule has 0 aliphatic carbocycles. The van der Waals surface area contributed by atoms with Crippen molar-refractivity contribution in [3.8, 4) is 0 Å². The SMILES string of the molecule is Brc1ccc(C(CC2OCCO2)CC2CNCCC2OC(c2ccccc2)c2ccccc2)cc1. The topological polar surface area (TPSA) is 39.7 Å². The Morgan fingerprint density at radius 3 is 2.06 bits per heavy atom. The first-order valence-electron chi connectivity index (χ1n) is 12.7. The van der Waals surface area contributed by atoms with Gasteiger partial charge in [-0.05, 0) is 60.0 Å². The fourth-order valence-corrected chi connectivity index (χ4v) is 5.60. The standard InChI is InChI=1S/C30H34BrNO3/c31-27-13-11-22(12-14-27)25(20-29-33-17-18-34-29)19-26-21-32-16-15-28(26)35-30(23-7-3-1-4-8-23)24-9-5-2-6-10-24/h1-14,25-26,28-30,32H,15-21H2. The molecule has 2 heterocycles. The van der Waals surface area contributed by atoms with Crippen molar-refractivity contribution in [3.05, 3.63) is 106 Å². The van der Waals surface area contributed by atoms with Crippen LogP contribution in [0.1, 0.15) is 48.0 Å². The highest BCUT2D eigenvalue weighted by atomic mass is 79.9. The Morgan fingerprint density at radius 2 is 1.43 bits per heavy atom. The van der Waals surface area contributed by atoms with Crippen molar-refractivity contribution in [2.75, 3.05) is 26.3 Å². The van der Waals surface area contributed by atoms with E-state index in [2.05, 4.69) is 106 Å². The lowest BCUT2D eigenvalue weighted by Crippen LogP contribution is -2.42. The van der Waals surface area contributed by atoms with Crippen LogP contribution in [0.5, 0.6) is 0 Å². The number of hydrogen-bond acceptors (Lipinski definition) is 4. The molecule has 35 heavy (non-hydrogen) atoms. The normalized spacial score (nSPS) is 21.9. The van der Waals surface area contributed by atoms with E-state index < -0.39 is 0 Å². The molecule has 2 saturated heterocycles. The highest BCUT2D eigenvalue weighted by Crippen LogP contribution is 2.37. The summed E-state index contributed by atoms with van der Waals surface area (Å²) in [5.74, 6) is 0.739. The second-order valence-electron chi connectivity index (χ2n) is 9.52. The van der Waals surface area contributed by atoms with Gasteiger partial charge in [-0.15, -0.1) is 0 Å². The zero-order valence-corrected chi connectivity index (χ0v) is 21.6. The van der Waals surface area contributed by atoms with E-state index in [0.29, 0.717) is 25.0 Å². The first kappa shape index (κ1) is 24.7.